The van der Waals surface area contributed by atoms with E-state index in [9.17, 15) is 14.9 Å². The Kier molecular flexibility index (Phi) is 8.13. The molecule has 42 heavy (non-hydrogen) atoms. The number of benzene rings is 4. The number of rotatable bonds is 9. The standard InChI is InChI=1S/C36H35N3O3/c40-36(37-20-18-28(19-21-37)22-27-10-4-1-5-11-27)24-32(30-14-8-3-9-15-30)34-26-38(25-29-12-6-2-7-13-29)35-17-16-31(39(41)42)23-33(34)35/h1-17,23,26,28,32H,18-22,24-25H2/t32-/m1/s1. The predicted octanol–water partition coefficient (Wildman–Crippen LogP) is 7.60. The van der Waals surface area contributed by atoms with E-state index in [1.807, 2.05) is 53.4 Å². The van der Waals surface area contributed by atoms with Crippen LogP contribution in [0.4, 0.5) is 5.69 Å². The van der Waals surface area contributed by atoms with Gasteiger partial charge in [-0.05, 0) is 53.5 Å². The highest BCUT2D eigenvalue weighted by atomic mass is 16.6. The number of non-ortho nitro benzene ring substituents is 1. The topological polar surface area (TPSA) is 68.4 Å². The fourth-order valence-electron chi connectivity index (χ4n) is 6.35. The Morgan fingerprint density at radius 3 is 2.10 bits per heavy atom. The second kappa shape index (κ2) is 12.4. The maximum absolute atomic E-state index is 13.8. The minimum absolute atomic E-state index is 0.0554. The lowest BCUT2D eigenvalue weighted by atomic mass is 9.86. The van der Waals surface area contributed by atoms with E-state index >= 15 is 0 Å². The van der Waals surface area contributed by atoms with Crippen LogP contribution >= 0.6 is 0 Å². The van der Waals surface area contributed by atoms with Gasteiger partial charge in [-0.3, -0.25) is 14.9 Å². The van der Waals surface area contributed by atoms with E-state index in [0.717, 1.165) is 59.9 Å². The fourth-order valence-corrected chi connectivity index (χ4v) is 6.35. The number of likely N-dealkylation sites (tertiary alicyclic amines) is 1. The third-order valence-electron chi connectivity index (χ3n) is 8.59. The molecule has 0 radical (unpaired) electrons. The van der Waals surface area contributed by atoms with Crippen molar-refractivity contribution >= 4 is 22.5 Å². The van der Waals surface area contributed by atoms with Crippen LogP contribution < -0.4 is 0 Å². The molecule has 1 aliphatic rings. The number of aromatic nitrogens is 1. The SMILES string of the molecule is O=C(C[C@H](c1ccccc1)c1cn(Cc2ccccc2)c2ccc([N+](=O)[O-])cc12)N1CCC(Cc2ccccc2)CC1. The molecule has 6 heteroatoms. The van der Waals surface area contributed by atoms with E-state index in [1.54, 1.807) is 12.1 Å². The first-order valence-corrected chi connectivity index (χ1v) is 14.7. The Hall–Kier alpha value is -4.71. The summed E-state index contributed by atoms with van der Waals surface area (Å²) >= 11 is 0. The van der Waals surface area contributed by atoms with Gasteiger partial charge in [0.25, 0.3) is 5.69 Å². The van der Waals surface area contributed by atoms with Crippen LogP contribution in [0, 0.1) is 16.0 Å². The maximum Gasteiger partial charge on any atom is 0.270 e. The zero-order valence-corrected chi connectivity index (χ0v) is 23.6. The number of nitro benzene ring substituents is 1. The van der Waals surface area contributed by atoms with E-state index in [0.29, 0.717) is 18.9 Å². The summed E-state index contributed by atoms with van der Waals surface area (Å²) in [6, 6.07) is 35.9. The molecule has 6 rings (SSSR count). The van der Waals surface area contributed by atoms with Gasteiger partial charge in [-0.1, -0.05) is 91.0 Å². The van der Waals surface area contributed by atoms with Crippen LogP contribution in [0.5, 0.6) is 0 Å². The van der Waals surface area contributed by atoms with Crippen LogP contribution in [-0.4, -0.2) is 33.4 Å². The molecule has 1 fully saturated rings. The van der Waals surface area contributed by atoms with Crippen molar-refractivity contribution in [2.75, 3.05) is 13.1 Å². The minimum atomic E-state index is -0.347. The first-order chi connectivity index (χ1) is 20.5. The third-order valence-corrected chi connectivity index (χ3v) is 8.59. The quantitative estimate of drug-likeness (QED) is 0.138. The number of fused-ring (bicyclic) bond motifs is 1. The summed E-state index contributed by atoms with van der Waals surface area (Å²) in [5, 5.41) is 12.6. The van der Waals surface area contributed by atoms with E-state index < -0.39 is 0 Å². The van der Waals surface area contributed by atoms with Gasteiger partial charge in [0.15, 0.2) is 0 Å². The number of amides is 1. The van der Waals surface area contributed by atoms with Gasteiger partial charge < -0.3 is 9.47 Å². The number of hydrogen-bond acceptors (Lipinski definition) is 3. The maximum atomic E-state index is 13.8. The summed E-state index contributed by atoms with van der Waals surface area (Å²) in [4.78, 5) is 27.3. The number of piperidine rings is 1. The Morgan fingerprint density at radius 2 is 1.45 bits per heavy atom. The second-order valence-electron chi connectivity index (χ2n) is 11.3. The number of hydrogen-bond donors (Lipinski definition) is 0. The van der Waals surface area contributed by atoms with Crippen molar-refractivity contribution in [3.63, 3.8) is 0 Å². The summed E-state index contributed by atoms with van der Waals surface area (Å²) in [6.07, 6.45) is 5.46. The molecule has 0 N–H and O–H groups in total. The largest absolute Gasteiger partial charge is 0.343 e. The van der Waals surface area contributed by atoms with Gasteiger partial charge in [0.1, 0.15) is 0 Å². The molecule has 2 heterocycles. The van der Waals surface area contributed by atoms with Crippen LogP contribution in [0.1, 0.15) is 47.4 Å². The summed E-state index contributed by atoms with van der Waals surface area (Å²) < 4.78 is 2.15. The number of nitro groups is 1. The van der Waals surface area contributed by atoms with Gasteiger partial charge >= 0.3 is 0 Å². The third kappa shape index (κ3) is 6.13. The van der Waals surface area contributed by atoms with Crippen molar-refractivity contribution in [2.24, 2.45) is 5.92 Å². The van der Waals surface area contributed by atoms with Crippen molar-refractivity contribution < 1.29 is 9.72 Å². The van der Waals surface area contributed by atoms with E-state index in [1.165, 1.54) is 5.56 Å². The van der Waals surface area contributed by atoms with Crippen LogP contribution in [0.15, 0.2) is 115 Å². The Balaban J connectivity index is 1.29. The molecule has 0 spiro atoms. The molecule has 1 saturated heterocycles. The summed E-state index contributed by atoms with van der Waals surface area (Å²) in [6.45, 7) is 2.16. The lowest BCUT2D eigenvalue weighted by Gasteiger charge is -2.33. The molecular formula is C36H35N3O3. The molecule has 4 aromatic carbocycles. The van der Waals surface area contributed by atoms with Gasteiger partial charge in [-0.25, -0.2) is 0 Å². The summed E-state index contributed by atoms with van der Waals surface area (Å²) in [5.41, 5.74) is 5.46. The molecule has 0 aliphatic carbocycles. The monoisotopic (exact) mass is 557 g/mol. The van der Waals surface area contributed by atoms with Gasteiger partial charge in [0, 0.05) is 61.2 Å². The molecule has 6 nitrogen and oxygen atoms in total. The highest BCUT2D eigenvalue weighted by molar-refractivity contribution is 5.88. The van der Waals surface area contributed by atoms with Crippen molar-refractivity contribution in [3.8, 4) is 0 Å². The highest BCUT2D eigenvalue weighted by Crippen LogP contribution is 2.37. The Bertz CT molecular complexity index is 1660. The normalized spacial score (nSPS) is 14.6. The van der Waals surface area contributed by atoms with Crippen LogP contribution in [-0.2, 0) is 17.8 Å². The zero-order chi connectivity index (χ0) is 28.9. The molecule has 1 aromatic heterocycles. The number of carbonyl (C=O) groups is 1. The van der Waals surface area contributed by atoms with Gasteiger partial charge in [0.2, 0.25) is 5.91 Å². The number of nitrogens with zero attached hydrogens (tertiary/aromatic N) is 3. The summed E-state index contributed by atoms with van der Waals surface area (Å²) in [7, 11) is 0. The Labute approximate surface area is 246 Å². The molecule has 0 bridgehead atoms. The van der Waals surface area contributed by atoms with E-state index in [2.05, 4.69) is 59.3 Å². The average Bonchev–Trinajstić information content (AvgIpc) is 3.38. The fraction of sp³-hybridized carbons (Fsp3) is 0.250. The predicted molar refractivity (Wildman–Crippen MR) is 166 cm³/mol. The average molecular weight is 558 g/mol. The molecule has 212 valence electrons. The second-order valence-corrected chi connectivity index (χ2v) is 11.3. The van der Waals surface area contributed by atoms with E-state index in [4.69, 9.17) is 0 Å². The van der Waals surface area contributed by atoms with Crippen LogP contribution in [0.3, 0.4) is 0 Å². The molecule has 1 amide bonds. The Morgan fingerprint density at radius 1 is 0.833 bits per heavy atom. The van der Waals surface area contributed by atoms with E-state index in [-0.39, 0.29) is 22.4 Å². The smallest absolute Gasteiger partial charge is 0.270 e. The first-order valence-electron chi connectivity index (χ1n) is 14.7. The van der Waals surface area contributed by atoms with Gasteiger partial charge in [0.05, 0.1) is 4.92 Å². The molecule has 1 atom stereocenters. The molecule has 0 saturated carbocycles. The molecule has 0 unspecified atom stereocenters. The van der Waals surface area contributed by atoms with Crippen LogP contribution in [0.2, 0.25) is 0 Å². The van der Waals surface area contributed by atoms with Crippen molar-refractivity contribution in [1.82, 2.24) is 9.47 Å². The van der Waals surface area contributed by atoms with Crippen molar-refractivity contribution in [3.05, 3.63) is 148 Å². The van der Waals surface area contributed by atoms with Crippen molar-refractivity contribution in [1.29, 1.82) is 0 Å². The highest BCUT2D eigenvalue weighted by Gasteiger charge is 2.28. The van der Waals surface area contributed by atoms with Crippen LogP contribution in [0.25, 0.3) is 10.9 Å². The zero-order valence-electron chi connectivity index (χ0n) is 23.6. The van der Waals surface area contributed by atoms with Crippen molar-refractivity contribution in [2.45, 2.75) is 38.1 Å². The molecular weight excluding hydrogens is 522 g/mol. The molecule has 1 aliphatic heterocycles. The number of carbonyl (C=O) groups excluding carboxylic acids is 1. The minimum Gasteiger partial charge on any atom is -0.343 e. The molecule has 5 aromatic rings. The first kappa shape index (κ1) is 27.5. The van der Waals surface area contributed by atoms with Gasteiger partial charge in [-0.15, -0.1) is 0 Å². The summed E-state index contributed by atoms with van der Waals surface area (Å²) in [5.74, 6) is 0.497. The lowest BCUT2D eigenvalue weighted by Crippen LogP contribution is -2.39. The van der Waals surface area contributed by atoms with Gasteiger partial charge in [-0.2, -0.15) is 0 Å². The lowest BCUT2D eigenvalue weighted by molar-refractivity contribution is -0.384.